The van der Waals surface area contributed by atoms with Gasteiger partial charge in [0.15, 0.2) is 0 Å². The van der Waals surface area contributed by atoms with Crippen LogP contribution in [0.4, 0.5) is 4.53 Å². The van der Waals surface area contributed by atoms with Gasteiger partial charge in [-0.1, -0.05) is 4.73 Å². The molecule has 0 atom stereocenters. The molecule has 0 aliphatic rings. The van der Waals surface area contributed by atoms with Crippen molar-refractivity contribution in [3.63, 3.8) is 0 Å². The van der Waals surface area contributed by atoms with Crippen LogP contribution in [-0.2, 0) is 26.1 Å². The first kappa shape index (κ1) is 10.5. The Bertz CT molecular complexity index is 75.8. The maximum absolute atomic E-state index is 10.2. The summed E-state index contributed by atoms with van der Waals surface area (Å²) in [6.07, 6.45) is 0. The Morgan fingerprint density at radius 1 is 1.57 bits per heavy atom. The summed E-state index contributed by atoms with van der Waals surface area (Å²) < 4.78 is 21.4. The number of hydrogen-bond acceptors (Lipinski definition) is 2. The molecule has 0 unspecified atom stereocenters. The molecule has 0 heterocycles. The van der Waals surface area contributed by atoms with Gasteiger partial charge in [0.05, 0.1) is 0 Å². The molecule has 1 radical (unpaired) electrons. The van der Waals surface area contributed by atoms with Crippen molar-refractivity contribution in [3.05, 3.63) is 0 Å². The number of phosphoric acid groups is 1. The Morgan fingerprint density at radius 3 is 1.71 bits per heavy atom. The minimum Gasteiger partial charge on any atom is -0.301 e. The summed E-state index contributed by atoms with van der Waals surface area (Å²) in [7, 11) is -4.81. The molecule has 0 saturated heterocycles. The Labute approximate surface area is 49.0 Å². The summed E-state index contributed by atoms with van der Waals surface area (Å²) in [4.78, 5) is 14.7. The monoisotopic (exact) mass is 175 g/mol. The fraction of sp³-hybridized carbons (Fsp3) is 0. The van der Waals surface area contributed by atoms with Crippen LogP contribution in [0.25, 0.3) is 0 Å². The van der Waals surface area contributed by atoms with Crippen LogP contribution in [0.3, 0.4) is 0 Å². The normalized spacial score (nSPS) is 10.1. The van der Waals surface area contributed by atoms with Crippen molar-refractivity contribution in [3.8, 4) is 0 Å². The van der Waals surface area contributed by atoms with Gasteiger partial charge >= 0.3 is 7.82 Å². The van der Waals surface area contributed by atoms with Gasteiger partial charge in [0.25, 0.3) is 0 Å². The predicted molar refractivity (Wildman–Crippen MR) is 14.2 cm³/mol. The SMILES string of the molecule is O=P(O)(O)OF.[Co]. The molecule has 0 saturated carbocycles. The largest absolute Gasteiger partial charge is 0.500 e. The van der Waals surface area contributed by atoms with E-state index in [0.29, 0.717) is 0 Å². The number of rotatable bonds is 1. The Balaban J connectivity index is 0. The van der Waals surface area contributed by atoms with E-state index in [-0.39, 0.29) is 16.8 Å². The maximum Gasteiger partial charge on any atom is 0.500 e. The van der Waals surface area contributed by atoms with Gasteiger partial charge in [0.2, 0.25) is 0 Å². The van der Waals surface area contributed by atoms with E-state index in [1.807, 2.05) is 0 Å². The molecule has 4 nitrogen and oxygen atoms in total. The third kappa shape index (κ3) is 10.8. The zero-order chi connectivity index (χ0) is 5.21. The third-order valence-corrected chi connectivity index (χ3v) is 0.270. The van der Waals surface area contributed by atoms with Gasteiger partial charge in [-0.2, -0.15) is 0 Å². The molecule has 7 heavy (non-hydrogen) atoms. The zero-order valence-corrected chi connectivity index (χ0v) is 4.80. The Kier molecular flexibility index (Phi) is 5.31. The van der Waals surface area contributed by atoms with E-state index < -0.39 is 7.82 Å². The van der Waals surface area contributed by atoms with Gasteiger partial charge in [-0.15, -0.1) is 0 Å². The minimum atomic E-state index is -4.81. The molecule has 2 N–H and O–H groups in total. The first-order valence-electron chi connectivity index (χ1n) is 0.919. The molecule has 0 rings (SSSR count). The molecule has 0 bridgehead atoms. The van der Waals surface area contributed by atoms with Crippen LogP contribution < -0.4 is 0 Å². The molecular formula is H2CoFO4P. The number of halogens is 1. The summed E-state index contributed by atoms with van der Waals surface area (Å²) in [6, 6.07) is 0. The van der Waals surface area contributed by atoms with E-state index in [9.17, 15) is 4.53 Å². The molecule has 47 valence electrons. The molecule has 0 aromatic heterocycles. The smallest absolute Gasteiger partial charge is 0.301 e. The van der Waals surface area contributed by atoms with Gasteiger partial charge in [-0.05, 0) is 4.53 Å². The summed E-state index contributed by atoms with van der Waals surface area (Å²) in [6.45, 7) is 0. The fourth-order valence-electron chi connectivity index (χ4n) is 0. The van der Waals surface area contributed by atoms with Crippen molar-refractivity contribution in [1.82, 2.24) is 0 Å². The summed E-state index contributed by atoms with van der Waals surface area (Å²) in [5.41, 5.74) is 0. The zero-order valence-electron chi connectivity index (χ0n) is 2.87. The van der Waals surface area contributed by atoms with Crippen molar-refractivity contribution in [2.45, 2.75) is 0 Å². The molecule has 0 fully saturated rings. The van der Waals surface area contributed by atoms with Crippen molar-refractivity contribution in [1.29, 1.82) is 0 Å². The van der Waals surface area contributed by atoms with E-state index in [2.05, 4.69) is 4.73 Å². The predicted octanol–water partition coefficient (Wildman–Crippen LogP) is -0.0223. The molecular weight excluding hydrogens is 173 g/mol. The van der Waals surface area contributed by atoms with Gasteiger partial charge in [-0.3, -0.25) is 0 Å². The van der Waals surface area contributed by atoms with E-state index in [1.165, 1.54) is 0 Å². The Hall–Kier alpha value is 0.546. The summed E-state index contributed by atoms with van der Waals surface area (Å²) in [5, 5.41) is 0. The van der Waals surface area contributed by atoms with Crippen LogP contribution in [-0.4, -0.2) is 9.79 Å². The third-order valence-electron chi connectivity index (χ3n) is 0.0899. The van der Waals surface area contributed by atoms with E-state index in [4.69, 9.17) is 14.4 Å². The number of hydrogen-bond donors (Lipinski definition) is 2. The molecule has 0 aliphatic carbocycles. The second-order valence-electron chi connectivity index (χ2n) is 0.560. The van der Waals surface area contributed by atoms with Crippen molar-refractivity contribution in [2.75, 3.05) is 0 Å². The van der Waals surface area contributed by atoms with Crippen molar-refractivity contribution >= 4 is 7.82 Å². The summed E-state index contributed by atoms with van der Waals surface area (Å²) >= 11 is 0. The quantitative estimate of drug-likeness (QED) is 0.549. The van der Waals surface area contributed by atoms with Crippen LogP contribution in [0.15, 0.2) is 0 Å². The fourth-order valence-corrected chi connectivity index (χ4v) is 0. The topological polar surface area (TPSA) is 66.8 Å². The van der Waals surface area contributed by atoms with Crippen molar-refractivity contribution in [2.24, 2.45) is 0 Å². The average molecular weight is 175 g/mol. The van der Waals surface area contributed by atoms with Crippen LogP contribution in [0, 0.1) is 0 Å². The molecule has 0 aromatic rings. The second kappa shape index (κ2) is 3.54. The van der Waals surface area contributed by atoms with Crippen LogP contribution >= 0.6 is 7.82 Å². The van der Waals surface area contributed by atoms with Gasteiger partial charge in [0.1, 0.15) is 0 Å². The summed E-state index contributed by atoms with van der Waals surface area (Å²) in [5.74, 6) is 0. The first-order chi connectivity index (χ1) is 2.56. The van der Waals surface area contributed by atoms with E-state index in [0.717, 1.165) is 0 Å². The molecule has 0 aromatic carbocycles. The van der Waals surface area contributed by atoms with E-state index in [1.54, 1.807) is 0 Å². The van der Waals surface area contributed by atoms with Crippen molar-refractivity contribution < 1.29 is 40.4 Å². The minimum absolute atomic E-state index is 0. The average Bonchev–Trinajstić information content (AvgIpc) is 1.35. The van der Waals surface area contributed by atoms with E-state index >= 15 is 0 Å². The van der Waals surface area contributed by atoms with Crippen LogP contribution in [0.1, 0.15) is 0 Å². The van der Waals surface area contributed by atoms with Crippen LogP contribution in [0.2, 0.25) is 0 Å². The molecule has 0 aliphatic heterocycles. The molecule has 0 spiro atoms. The maximum atomic E-state index is 10.2. The standard InChI is InChI=1S/Co.FH2O4P/c;1-5-6(2,3)4/h;(H2,2,3,4). The molecule has 7 heteroatoms. The van der Waals surface area contributed by atoms with Gasteiger partial charge < -0.3 is 9.79 Å². The Morgan fingerprint density at radius 2 is 1.71 bits per heavy atom. The molecule has 0 amide bonds. The first-order valence-corrected chi connectivity index (χ1v) is 2.45. The van der Waals surface area contributed by atoms with Gasteiger partial charge in [0, 0.05) is 16.8 Å². The van der Waals surface area contributed by atoms with Gasteiger partial charge in [-0.25, -0.2) is 4.57 Å². The second-order valence-corrected chi connectivity index (χ2v) is 1.68. The van der Waals surface area contributed by atoms with Crippen LogP contribution in [0.5, 0.6) is 0 Å².